The lowest BCUT2D eigenvalue weighted by molar-refractivity contribution is 0.589. The second kappa shape index (κ2) is 6.14. The topological polar surface area (TPSA) is 50.4 Å². The van der Waals surface area contributed by atoms with Crippen molar-refractivity contribution in [3.63, 3.8) is 0 Å². The van der Waals surface area contributed by atoms with Gasteiger partial charge in [0.05, 0.1) is 6.54 Å². The molecule has 3 nitrogen and oxygen atoms in total. The molecule has 3 N–H and O–H groups in total. The van der Waals surface area contributed by atoms with Crippen LogP contribution in [-0.4, -0.2) is 23.0 Å². The van der Waals surface area contributed by atoms with Crippen LogP contribution in [0.15, 0.2) is 35.3 Å². The van der Waals surface area contributed by atoms with Gasteiger partial charge in [0, 0.05) is 11.3 Å². The Hall–Kier alpha value is -1.16. The molecule has 0 amide bonds. The summed E-state index contributed by atoms with van der Waals surface area (Å²) in [5.41, 5.74) is 7.07. The van der Waals surface area contributed by atoms with Crippen molar-refractivity contribution >= 4 is 17.7 Å². The molecule has 2 rings (SSSR count). The van der Waals surface area contributed by atoms with Crippen LogP contribution in [0, 0.1) is 0 Å². The summed E-state index contributed by atoms with van der Waals surface area (Å²) in [6, 6.07) is 10.2. The Kier molecular flexibility index (Phi) is 4.53. The second-order valence-electron chi connectivity index (χ2n) is 4.94. The van der Waals surface area contributed by atoms with Crippen LogP contribution in [0.25, 0.3) is 0 Å². The van der Waals surface area contributed by atoms with Crippen molar-refractivity contribution in [2.45, 2.75) is 31.1 Å². The summed E-state index contributed by atoms with van der Waals surface area (Å²) in [7, 11) is 0. The molecule has 1 fully saturated rings. The van der Waals surface area contributed by atoms with Gasteiger partial charge >= 0.3 is 0 Å². The fourth-order valence-electron chi connectivity index (χ4n) is 2.07. The maximum absolute atomic E-state index is 5.89. The molecule has 1 unspecified atom stereocenters. The summed E-state index contributed by atoms with van der Waals surface area (Å²) in [5.74, 6) is 1.81. The van der Waals surface area contributed by atoms with E-state index in [0.717, 1.165) is 6.54 Å². The Morgan fingerprint density at radius 1 is 1.44 bits per heavy atom. The monoisotopic (exact) mass is 263 g/mol. The predicted molar refractivity (Wildman–Crippen MR) is 79.9 cm³/mol. The third kappa shape index (κ3) is 3.95. The molecule has 1 aromatic carbocycles. The zero-order valence-electron chi connectivity index (χ0n) is 10.9. The summed E-state index contributed by atoms with van der Waals surface area (Å²) in [5, 5.41) is 3.24. The number of rotatable bonds is 4. The Bertz CT molecular complexity index is 397. The molecular formula is C14H21N3S. The van der Waals surface area contributed by atoms with Crippen molar-refractivity contribution in [3.05, 3.63) is 35.9 Å². The molecule has 0 aliphatic carbocycles. The fraction of sp³-hybridized carbons (Fsp3) is 0.500. The van der Waals surface area contributed by atoms with Gasteiger partial charge in [0.1, 0.15) is 0 Å². The minimum Gasteiger partial charge on any atom is -0.370 e. The molecular weight excluding hydrogens is 242 g/mol. The summed E-state index contributed by atoms with van der Waals surface area (Å²) >= 11 is 2.03. The fourth-order valence-corrected chi connectivity index (χ4v) is 3.31. The van der Waals surface area contributed by atoms with E-state index in [1.165, 1.54) is 24.2 Å². The average molecular weight is 263 g/mol. The Morgan fingerprint density at radius 3 is 2.89 bits per heavy atom. The third-order valence-electron chi connectivity index (χ3n) is 3.22. The van der Waals surface area contributed by atoms with Gasteiger partial charge < -0.3 is 11.1 Å². The molecule has 0 spiro atoms. The molecule has 0 aromatic heterocycles. The van der Waals surface area contributed by atoms with Gasteiger partial charge in [0.2, 0.25) is 0 Å². The van der Waals surface area contributed by atoms with Crippen LogP contribution in [-0.2, 0) is 6.54 Å². The summed E-state index contributed by atoms with van der Waals surface area (Å²) in [6.45, 7) is 3.84. The van der Waals surface area contributed by atoms with Crippen LogP contribution in [0.2, 0.25) is 0 Å². The average Bonchev–Trinajstić information content (AvgIpc) is 2.83. The van der Waals surface area contributed by atoms with Gasteiger partial charge in [-0.2, -0.15) is 11.8 Å². The minimum atomic E-state index is 0.326. The van der Waals surface area contributed by atoms with E-state index >= 15 is 0 Å². The lowest BCUT2D eigenvalue weighted by Gasteiger charge is -2.23. The third-order valence-corrected chi connectivity index (χ3v) is 4.76. The number of guanidine groups is 1. The standard InChI is InChI=1S/C14H21N3S/c1-14(8-5-9-18-14)11-17-13(15)16-10-12-6-3-2-4-7-12/h2-4,6-7H,5,8-11H2,1H3,(H3,15,16,17). The Morgan fingerprint density at radius 2 is 2.22 bits per heavy atom. The first-order valence-corrected chi connectivity index (χ1v) is 7.38. The highest BCUT2D eigenvalue weighted by Crippen LogP contribution is 2.36. The molecule has 98 valence electrons. The van der Waals surface area contributed by atoms with E-state index in [1.807, 2.05) is 30.0 Å². The SMILES string of the molecule is CC1(CNC(N)=NCc2ccccc2)CCCS1. The van der Waals surface area contributed by atoms with Crippen LogP contribution >= 0.6 is 11.8 Å². The normalized spacial score (nSPS) is 24.2. The number of thioether (sulfide) groups is 1. The van der Waals surface area contributed by atoms with Crippen molar-refractivity contribution in [1.82, 2.24) is 5.32 Å². The molecule has 18 heavy (non-hydrogen) atoms. The number of aliphatic imine (C=N–C) groups is 1. The van der Waals surface area contributed by atoms with Crippen LogP contribution in [0.1, 0.15) is 25.3 Å². The smallest absolute Gasteiger partial charge is 0.188 e. The number of benzene rings is 1. The quantitative estimate of drug-likeness (QED) is 0.648. The highest BCUT2D eigenvalue weighted by atomic mass is 32.2. The minimum absolute atomic E-state index is 0.326. The highest BCUT2D eigenvalue weighted by Gasteiger charge is 2.29. The van der Waals surface area contributed by atoms with Crippen LogP contribution < -0.4 is 11.1 Å². The largest absolute Gasteiger partial charge is 0.370 e. The second-order valence-corrected chi connectivity index (χ2v) is 6.63. The number of nitrogens with two attached hydrogens (primary N) is 1. The summed E-state index contributed by atoms with van der Waals surface area (Å²) < 4.78 is 0.326. The summed E-state index contributed by atoms with van der Waals surface area (Å²) in [4.78, 5) is 4.36. The lowest BCUT2D eigenvalue weighted by Crippen LogP contribution is -2.40. The Labute approximate surface area is 113 Å². The maximum atomic E-state index is 5.89. The van der Waals surface area contributed by atoms with Crippen molar-refractivity contribution in [2.24, 2.45) is 10.7 Å². The Balaban J connectivity index is 1.79. The molecule has 1 atom stereocenters. The van der Waals surface area contributed by atoms with E-state index in [9.17, 15) is 0 Å². The van der Waals surface area contributed by atoms with Gasteiger partial charge in [0.25, 0.3) is 0 Å². The number of hydrogen-bond donors (Lipinski definition) is 2. The molecule has 0 saturated carbocycles. The molecule has 1 aliphatic rings. The molecule has 1 aliphatic heterocycles. The van der Waals surface area contributed by atoms with E-state index in [1.54, 1.807) is 0 Å². The van der Waals surface area contributed by atoms with E-state index < -0.39 is 0 Å². The van der Waals surface area contributed by atoms with Gasteiger partial charge in [-0.1, -0.05) is 30.3 Å². The molecule has 0 radical (unpaired) electrons. The van der Waals surface area contributed by atoms with E-state index in [0.29, 0.717) is 17.3 Å². The van der Waals surface area contributed by atoms with Crippen molar-refractivity contribution in [1.29, 1.82) is 0 Å². The maximum Gasteiger partial charge on any atom is 0.188 e. The first kappa shape index (κ1) is 13.3. The van der Waals surface area contributed by atoms with Gasteiger partial charge in [0.15, 0.2) is 5.96 Å². The number of nitrogens with one attached hydrogen (secondary N) is 1. The van der Waals surface area contributed by atoms with Crippen molar-refractivity contribution < 1.29 is 0 Å². The zero-order valence-corrected chi connectivity index (χ0v) is 11.7. The van der Waals surface area contributed by atoms with Gasteiger partial charge in [-0.15, -0.1) is 0 Å². The molecule has 1 saturated heterocycles. The van der Waals surface area contributed by atoms with E-state index in [-0.39, 0.29) is 0 Å². The van der Waals surface area contributed by atoms with Crippen molar-refractivity contribution in [2.75, 3.05) is 12.3 Å². The van der Waals surface area contributed by atoms with Crippen LogP contribution in [0.5, 0.6) is 0 Å². The number of hydrogen-bond acceptors (Lipinski definition) is 2. The van der Waals surface area contributed by atoms with Gasteiger partial charge in [-0.05, 0) is 31.1 Å². The molecule has 4 heteroatoms. The van der Waals surface area contributed by atoms with Crippen LogP contribution in [0.4, 0.5) is 0 Å². The van der Waals surface area contributed by atoms with Gasteiger partial charge in [-0.3, -0.25) is 0 Å². The molecule has 1 heterocycles. The van der Waals surface area contributed by atoms with Gasteiger partial charge in [-0.25, -0.2) is 4.99 Å². The predicted octanol–water partition coefficient (Wildman–Crippen LogP) is 2.38. The first-order chi connectivity index (χ1) is 8.68. The van der Waals surface area contributed by atoms with E-state index in [2.05, 4.69) is 29.4 Å². The first-order valence-electron chi connectivity index (χ1n) is 6.40. The highest BCUT2D eigenvalue weighted by molar-refractivity contribution is 8.00. The number of nitrogens with zero attached hydrogens (tertiary/aromatic N) is 1. The van der Waals surface area contributed by atoms with E-state index in [4.69, 9.17) is 5.73 Å². The molecule has 0 bridgehead atoms. The van der Waals surface area contributed by atoms with Crippen LogP contribution in [0.3, 0.4) is 0 Å². The summed E-state index contributed by atoms with van der Waals surface area (Å²) in [6.07, 6.45) is 2.57. The molecule has 1 aromatic rings. The lowest BCUT2D eigenvalue weighted by atomic mass is 10.1. The van der Waals surface area contributed by atoms with Crippen molar-refractivity contribution in [3.8, 4) is 0 Å². The zero-order chi connectivity index (χ0) is 12.8.